The Hall–Kier alpha value is -5.03. The lowest BCUT2D eigenvalue weighted by Crippen LogP contribution is -2.35. The van der Waals surface area contributed by atoms with Crippen molar-refractivity contribution >= 4 is 46.4 Å². The molecule has 0 bridgehead atoms. The number of carboxylic acid groups (broad SMARTS) is 1. The Balaban J connectivity index is 1.39. The Kier molecular flexibility index (Phi) is 9.42. The molecule has 2 aromatic carbocycles. The molecule has 1 unspecified atom stereocenters. The van der Waals surface area contributed by atoms with Crippen LogP contribution in [0.5, 0.6) is 0 Å². The number of nitrogens with zero attached hydrogens (tertiary/aromatic N) is 3. The van der Waals surface area contributed by atoms with Gasteiger partial charge in [-0.3, -0.25) is 24.2 Å². The molecule has 0 radical (unpaired) electrons. The summed E-state index contributed by atoms with van der Waals surface area (Å²) in [4.78, 5) is 59.8. The molecule has 1 aliphatic heterocycles. The van der Waals surface area contributed by atoms with Gasteiger partial charge in [-0.1, -0.05) is 24.3 Å². The molecule has 11 heteroatoms. The molecular weight excluding hydrogens is 566 g/mol. The summed E-state index contributed by atoms with van der Waals surface area (Å²) in [7, 11) is 0. The highest BCUT2D eigenvalue weighted by Gasteiger charge is 2.25. The molecule has 3 amide bonds. The van der Waals surface area contributed by atoms with E-state index >= 15 is 0 Å². The van der Waals surface area contributed by atoms with E-state index in [4.69, 9.17) is 0 Å². The first-order chi connectivity index (χ1) is 20.9. The molecule has 3 heterocycles. The van der Waals surface area contributed by atoms with Crippen LogP contribution in [0.2, 0.25) is 0 Å². The van der Waals surface area contributed by atoms with Crippen molar-refractivity contribution in [2.75, 3.05) is 36.4 Å². The summed E-state index contributed by atoms with van der Waals surface area (Å²) < 4.78 is 0. The van der Waals surface area contributed by atoms with Crippen molar-refractivity contribution in [2.24, 2.45) is 0 Å². The van der Waals surface area contributed by atoms with E-state index in [0.29, 0.717) is 49.4 Å². The van der Waals surface area contributed by atoms with Gasteiger partial charge in [-0.05, 0) is 60.3 Å². The maximum absolute atomic E-state index is 13.4. The number of carboxylic acids is 1. The molecule has 3 N–H and O–H groups in total. The smallest absolute Gasteiger partial charge is 0.305 e. The number of thiophene rings is 1. The molecule has 0 aliphatic carbocycles. The topological polar surface area (TPSA) is 132 Å². The summed E-state index contributed by atoms with van der Waals surface area (Å²) in [5.41, 5.74) is 2.44. The Morgan fingerprint density at radius 2 is 1.67 bits per heavy atom. The van der Waals surface area contributed by atoms with Crippen LogP contribution >= 0.6 is 11.3 Å². The van der Waals surface area contributed by atoms with E-state index < -0.39 is 17.9 Å². The molecular formula is C32H31N5O5S. The Labute approximate surface area is 253 Å². The number of carbonyl (C=O) groups excluding carboxylic acids is 3. The minimum atomic E-state index is -1.03. The number of carbonyl (C=O) groups is 4. The number of aliphatic carboxylic acids is 1. The van der Waals surface area contributed by atoms with Crippen molar-refractivity contribution in [1.29, 1.82) is 0 Å². The number of rotatable bonds is 9. The van der Waals surface area contributed by atoms with Gasteiger partial charge < -0.3 is 25.5 Å². The van der Waals surface area contributed by atoms with E-state index in [0.717, 1.165) is 10.6 Å². The average molecular weight is 598 g/mol. The quantitative estimate of drug-likeness (QED) is 0.255. The van der Waals surface area contributed by atoms with Crippen molar-refractivity contribution in [3.63, 3.8) is 0 Å². The number of amides is 3. The molecule has 5 rings (SSSR count). The third-order valence-corrected chi connectivity index (χ3v) is 8.13. The number of hydrogen-bond donors (Lipinski definition) is 3. The SMILES string of the molecule is O=C(O)CC(NC(=O)c1ccc(N2CCCN(C(=O)c3cccnc3)CC2)c(NC(=O)c2ccccc2)c1)c1cccs1. The van der Waals surface area contributed by atoms with Crippen LogP contribution in [0.25, 0.3) is 0 Å². The number of benzene rings is 2. The molecule has 1 atom stereocenters. The lowest BCUT2D eigenvalue weighted by Gasteiger charge is -2.26. The number of anilines is 2. The lowest BCUT2D eigenvalue weighted by molar-refractivity contribution is -0.137. The fourth-order valence-electron chi connectivity index (χ4n) is 5.00. The third-order valence-electron chi connectivity index (χ3n) is 7.15. The first kappa shape index (κ1) is 29.5. The van der Waals surface area contributed by atoms with Crippen molar-refractivity contribution in [1.82, 2.24) is 15.2 Å². The number of aromatic nitrogens is 1. The zero-order valence-electron chi connectivity index (χ0n) is 23.3. The fraction of sp³-hybridized carbons (Fsp3) is 0.219. The maximum atomic E-state index is 13.4. The summed E-state index contributed by atoms with van der Waals surface area (Å²) in [5, 5.41) is 17.0. The van der Waals surface area contributed by atoms with E-state index in [1.807, 2.05) is 11.4 Å². The van der Waals surface area contributed by atoms with Crippen LogP contribution in [0.4, 0.5) is 11.4 Å². The first-order valence-corrected chi connectivity index (χ1v) is 14.8. The van der Waals surface area contributed by atoms with Crippen molar-refractivity contribution in [3.05, 3.63) is 112 Å². The fourth-order valence-corrected chi connectivity index (χ4v) is 5.78. The predicted octanol–water partition coefficient (Wildman–Crippen LogP) is 4.69. The Morgan fingerprint density at radius 3 is 2.40 bits per heavy atom. The van der Waals surface area contributed by atoms with E-state index in [-0.39, 0.29) is 23.8 Å². The summed E-state index contributed by atoms with van der Waals surface area (Å²) in [6, 6.07) is 20.2. The zero-order valence-corrected chi connectivity index (χ0v) is 24.1. The summed E-state index contributed by atoms with van der Waals surface area (Å²) in [6.07, 6.45) is 3.64. The van der Waals surface area contributed by atoms with Crippen LogP contribution in [-0.4, -0.2) is 64.9 Å². The van der Waals surface area contributed by atoms with Gasteiger partial charge in [-0.25, -0.2) is 0 Å². The molecule has 1 fully saturated rings. The predicted molar refractivity (Wildman–Crippen MR) is 165 cm³/mol. The second-order valence-electron chi connectivity index (χ2n) is 10.1. The Bertz CT molecular complexity index is 1580. The van der Waals surface area contributed by atoms with Crippen LogP contribution in [0.1, 0.15) is 54.8 Å². The highest BCUT2D eigenvalue weighted by atomic mass is 32.1. The van der Waals surface area contributed by atoms with Gasteiger partial charge in [0.05, 0.1) is 29.4 Å². The number of nitrogens with one attached hydrogen (secondary N) is 2. The van der Waals surface area contributed by atoms with Crippen molar-refractivity contribution in [3.8, 4) is 0 Å². The number of hydrogen-bond acceptors (Lipinski definition) is 7. The highest BCUT2D eigenvalue weighted by Crippen LogP contribution is 2.30. The molecule has 43 heavy (non-hydrogen) atoms. The molecule has 4 aromatic rings. The maximum Gasteiger partial charge on any atom is 0.305 e. The minimum absolute atomic E-state index is 0.0822. The normalized spacial score (nSPS) is 14.0. The van der Waals surface area contributed by atoms with Gasteiger partial charge in [0.2, 0.25) is 0 Å². The number of pyridine rings is 1. The van der Waals surface area contributed by atoms with E-state index in [1.54, 1.807) is 84.0 Å². The van der Waals surface area contributed by atoms with Crippen molar-refractivity contribution in [2.45, 2.75) is 18.9 Å². The zero-order chi connectivity index (χ0) is 30.2. The van der Waals surface area contributed by atoms with Gasteiger partial charge in [-0.2, -0.15) is 0 Å². The monoisotopic (exact) mass is 597 g/mol. The van der Waals surface area contributed by atoms with E-state index in [2.05, 4.69) is 20.5 Å². The molecule has 1 saturated heterocycles. The van der Waals surface area contributed by atoms with Gasteiger partial charge in [-0.15, -0.1) is 11.3 Å². The molecule has 2 aromatic heterocycles. The van der Waals surface area contributed by atoms with Gasteiger partial charge in [0, 0.05) is 54.6 Å². The molecule has 0 saturated carbocycles. The molecule has 0 spiro atoms. The first-order valence-electron chi connectivity index (χ1n) is 13.9. The van der Waals surface area contributed by atoms with E-state index in [1.165, 1.54) is 11.3 Å². The van der Waals surface area contributed by atoms with Crippen molar-refractivity contribution < 1.29 is 24.3 Å². The summed E-state index contributed by atoms with van der Waals surface area (Å²) >= 11 is 1.37. The van der Waals surface area contributed by atoms with Gasteiger partial charge in [0.25, 0.3) is 17.7 Å². The molecule has 10 nitrogen and oxygen atoms in total. The highest BCUT2D eigenvalue weighted by molar-refractivity contribution is 7.10. The standard InChI is InChI=1S/C32H31N5O5S/c38-29(39)20-26(28-10-5-18-43-28)35-31(41)23-11-12-27(25(19-23)34-30(40)22-7-2-1-3-8-22)36-14-6-15-37(17-16-36)32(42)24-9-4-13-33-21-24/h1-5,7-13,18-19,21,26H,6,14-17,20H2,(H,34,40)(H,35,41)(H,38,39). The Morgan fingerprint density at radius 1 is 0.860 bits per heavy atom. The summed E-state index contributed by atoms with van der Waals surface area (Å²) in [5.74, 6) is -1.89. The van der Waals surface area contributed by atoms with Crippen LogP contribution < -0.4 is 15.5 Å². The second kappa shape index (κ2) is 13.8. The average Bonchev–Trinajstić information content (AvgIpc) is 3.46. The summed E-state index contributed by atoms with van der Waals surface area (Å²) in [6.45, 7) is 2.20. The van der Waals surface area contributed by atoms with Crippen LogP contribution in [0, 0.1) is 0 Å². The second-order valence-corrected chi connectivity index (χ2v) is 11.0. The van der Waals surface area contributed by atoms with Gasteiger partial charge in [0.1, 0.15) is 0 Å². The van der Waals surface area contributed by atoms with Gasteiger partial charge >= 0.3 is 5.97 Å². The van der Waals surface area contributed by atoms with Gasteiger partial charge in [0.15, 0.2) is 0 Å². The lowest BCUT2D eigenvalue weighted by atomic mass is 10.1. The van der Waals surface area contributed by atoms with Crippen LogP contribution in [0.15, 0.2) is 90.6 Å². The minimum Gasteiger partial charge on any atom is -0.481 e. The largest absolute Gasteiger partial charge is 0.481 e. The molecule has 220 valence electrons. The van der Waals surface area contributed by atoms with Crippen LogP contribution in [-0.2, 0) is 4.79 Å². The molecule has 1 aliphatic rings. The van der Waals surface area contributed by atoms with Crippen LogP contribution in [0.3, 0.4) is 0 Å². The van der Waals surface area contributed by atoms with E-state index in [9.17, 15) is 24.3 Å². The third kappa shape index (κ3) is 7.44.